The summed E-state index contributed by atoms with van der Waals surface area (Å²) in [6.07, 6.45) is 11.1. The molecule has 0 spiro atoms. The van der Waals surface area contributed by atoms with Gasteiger partial charge in [0.25, 0.3) is 0 Å². The molecule has 1 unspecified atom stereocenters. The summed E-state index contributed by atoms with van der Waals surface area (Å²) < 4.78 is 2.09. The summed E-state index contributed by atoms with van der Waals surface area (Å²) in [7, 11) is 0. The predicted octanol–water partition coefficient (Wildman–Crippen LogP) is 3.43. The molecule has 1 aromatic rings. The molecule has 4 nitrogen and oxygen atoms in total. The molecule has 1 aliphatic carbocycles. The summed E-state index contributed by atoms with van der Waals surface area (Å²) in [5.41, 5.74) is 0. The minimum Gasteiger partial charge on any atom is -0.314 e. The lowest BCUT2D eigenvalue weighted by Gasteiger charge is -2.20. The molecule has 0 amide bonds. The van der Waals surface area contributed by atoms with Crippen molar-refractivity contribution in [2.45, 2.75) is 78.3 Å². The molecular formula is C17H32N4. The van der Waals surface area contributed by atoms with Gasteiger partial charge >= 0.3 is 0 Å². The fraction of sp³-hybridized carbons (Fsp3) is 0.882. The van der Waals surface area contributed by atoms with Gasteiger partial charge in [0.15, 0.2) is 0 Å². The Balaban J connectivity index is 1.87. The number of nitrogens with zero attached hydrogens (tertiary/aromatic N) is 3. The first-order chi connectivity index (χ1) is 10.2. The Hall–Kier alpha value is -0.900. The number of aromatic nitrogens is 3. The standard InChI is InChI=1S/C17H32N4/c1-4-18-16(10-9-15-7-5-6-8-15)11-17-19-13-20-21(17)12-14(2)3/h13-16,18H,4-12H2,1-3H3. The van der Waals surface area contributed by atoms with Crippen LogP contribution >= 0.6 is 0 Å². The molecular weight excluding hydrogens is 260 g/mol. The molecule has 4 heteroatoms. The molecule has 1 aliphatic rings. The first kappa shape index (κ1) is 16.5. The number of rotatable bonds is 9. The van der Waals surface area contributed by atoms with Crippen LogP contribution in [0.1, 0.15) is 65.1 Å². The van der Waals surface area contributed by atoms with E-state index in [1.54, 1.807) is 6.33 Å². The van der Waals surface area contributed by atoms with Crippen molar-refractivity contribution in [3.8, 4) is 0 Å². The third-order valence-electron chi connectivity index (χ3n) is 4.55. The van der Waals surface area contributed by atoms with E-state index < -0.39 is 0 Å². The largest absolute Gasteiger partial charge is 0.314 e. The summed E-state index contributed by atoms with van der Waals surface area (Å²) in [6, 6.07) is 0.547. The number of hydrogen-bond acceptors (Lipinski definition) is 3. The second kappa shape index (κ2) is 8.52. The van der Waals surface area contributed by atoms with Crippen molar-refractivity contribution in [2.24, 2.45) is 11.8 Å². The van der Waals surface area contributed by atoms with Crippen molar-refractivity contribution in [3.63, 3.8) is 0 Å². The Kier molecular flexibility index (Phi) is 6.68. The molecule has 120 valence electrons. The van der Waals surface area contributed by atoms with Crippen LogP contribution in [0.15, 0.2) is 6.33 Å². The van der Waals surface area contributed by atoms with E-state index in [1.807, 2.05) is 0 Å². The molecule has 0 radical (unpaired) electrons. The second-order valence-electron chi connectivity index (χ2n) is 6.94. The summed E-state index contributed by atoms with van der Waals surface area (Å²) in [5.74, 6) is 2.72. The molecule has 1 atom stereocenters. The third kappa shape index (κ3) is 5.42. The molecule has 0 bridgehead atoms. The van der Waals surface area contributed by atoms with Crippen LogP contribution in [0.25, 0.3) is 0 Å². The van der Waals surface area contributed by atoms with E-state index in [0.717, 1.165) is 31.3 Å². The Morgan fingerprint density at radius 2 is 2.10 bits per heavy atom. The van der Waals surface area contributed by atoms with Crippen molar-refractivity contribution in [1.29, 1.82) is 0 Å². The van der Waals surface area contributed by atoms with E-state index in [9.17, 15) is 0 Å². The number of likely N-dealkylation sites (N-methyl/N-ethyl adjacent to an activating group) is 1. The molecule has 1 aromatic heterocycles. The van der Waals surface area contributed by atoms with E-state index in [0.29, 0.717) is 12.0 Å². The van der Waals surface area contributed by atoms with Gasteiger partial charge in [-0.3, -0.25) is 0 Å². The molecule has 0 saturated heterocycles. The fourth-order valence-electron chi connectivity index (χ4n) is 3.47. The van der Waals surface area contributed by atoms with E-state index in [1.165, 1.54) is 38.5 Å². The zero-order chi connectivity index (χ0) is 15.1. The number of nitrogens with one attached hydrogen (secondary N) is 1. The molecule has 21 heavy (non-hydrogen) atoms. The molecule has 0 aromatic carbocycles. The minimum absolute atomic E-state index is 0.547. The lowest BCUT2D eigenvalue weighted by molar-refractivity contribution is 0.391. The average Bonchev–Trinajstić information content (AvgIpc) is 3.08. The van der Waals surface area contributed by atoms with Gasteiger partial charge in [-0.15, -0.1) is 0 Å². The molecule has 1 fully saturated rings. The van der Waals surface area contributed by atoms with Crippen LogP contribution in [0.2, 0.25) is 0 Å². The summed E-state index contributed by atoms with van der Waals surface area (Å²) in [5, 5.41) is 8.03. The summed E-state index contributed by atoms with van der Waals surface area (Å²) >= 11 is 0. The maximum atomic E-state index is 4.48. The topological polar surface area (TPSA) is 42.7 Å². The summed E-state index contributed by atoms with van der Waals surface area (Å²) in [6.45, 7) is 8.66. The Morgan fingerprint density at radius 3 is 2.76 bits per heavy atom. The fourth-order valence-corrected chi connectivity index (χ4v) is 3.47. The van der Waals surface area contributed by atoms with Crippen molar-refractivity contribution in [3.05, 3.63) is 12.2 Å². The van der Waals surface area contributed by atoms with Crippen molar-refractivity contribution in [1.82, 2.24) is 20.1 Å². The van der Waals surface area contributed by atoms with Gasteiger partial charge < -0.3 is 5.32 Å². The zero-order valence-electron chi connectivity index (χ0n) is 14.0. The maximum absolute atomic E-state index is 4.48. The van der Waals surface area contributed by atoms with Crippen molar-refractivity contribution in [2.75, 3.05) is 6.54 Å². The van der Waals surface area contributed by atoms with Gasteiger partial charge in [-0.1, -0.05) is 46.5 Å². The second-order valence-corrected chi connectivity index (χ2v) is 6.94. The molecule has 1 saturated carbocycles. The third-order valence-corrected chi connectivity index (χ3v) is 4.55. The highest BCUT2D eigenvalue weighted by molar-refractivity contribution is 4.90. The van der Waals surface area contributed by atoms with Crippen LogP contribution in [0, 0.1) is 11.8 Å². The van der Waals surface area contributed by atoms with Crippen LogP contribution in [0.5, 0.6) is 0 Å². The smallest absolute Gasteiger partial charge is 0.138 e. The van der Waals surface area contributed by atoms with Gasteiger partial charge in [-0.2, -0.15) is 5.10 Å². The van der Waals surface area contributed by atoms with E-state index in [4.69, 9.17) is 0 Å². The minimum atomic E-state index is 0.547. The predicted molar refractivity (Wildman–Crippen MR) is 87.2 cm³/mol. The lowest BCUT2D eigenvalue weighted by atomic mass is 9.97. The number of hydrogen-bond donors (Lipinski definition) is 1. The SMILES string of the molecule is CCNC(CCC1CCCC1)Cc1ncnn1CC(C)C. The van der Waals surface area contributed by atoms with Crippen LogP contribution in [0.4, 0.5) is 0 Å². The van der Waals surface area contributed by atoms with Crippen LogP contribution in [-0.4, -0.2) is 27.4 Å². The maximum Gasteiger partial charge on any atom is 0.138 e. The first-order valence-corrected chi connectivity index (χ1v) is 8.79. The van der Waals surface area contributed by atoms with Crippen LogP contribution < -0.4 is 5.32 Å². The monoisotopic (exact) mass is 292 g/mol. The molecule has 2 rings (SSSR count). The lowest BCUT2D eigenvalue weighted by Crippen LogP contribution is -2.32. The van der Waals surface area contributed by atoms with Crippen LogP contribution in [-0.2, 0) is 13.0 Å². The van der Waals surface area contributed by atoms with Gasteiger partial charge in [0.05, 0.1) is 0 Å². The van der Waals surface area contributed by atoms with E-state index in [2.05, 4.69) is 40.9 Å². The first-order valence-electron chi connectivity index (χ1n) is 8.79. The van der Waals surface area contributed by atoms with E-state index in [-0.39, 0.29) is 0 Å². The average molecular weight is 292 g/mol. The Morgan fingerprint density at radius 1 is 1.33 bits per heavy atom. The highest BCUT2D eigenvalue weighted by Gasteiger charge is 2.19. The normalized spacial score (nSPS) is 17.7. The van der Waals surface area contributed by atoms with Gasteiger partial charge in [0.2, 0.25) is 0 Å². The van der Waals surface area contributed by atoms with Gasteiger partial charge in [0, 0.05) is 19.0 Å². The zero-order valence-corrected chi connectivity index (χ0v) is 14.0. The highest BCUT2D eigenvalue weighted by atomic mass is 15.3. The molecule has 1 heterocycles. The highest BCUT2D eigenvalue weighted by Crippen LogP contribution is 2.29. The molecule has 0 aliphatic heterocycles. The van der Waals surface area contributed by atoms with Crippen molar-refractivity contribution < 1.29 is 0 Å². The van der Waals surface area contributed by atoms with E-state index >= 15 is 0 Å². The Labute approximate surface area is 129 Å². The van der Waals surface area contributed by atoms with Gasteiger partial charge in [-0.25, -0.2) is 9.67 Å². The van der Waals surface area contributed by atoms with Gasteiger partial charge in [0.1, 0.15) is 12.2 Å². The molecule has 1 N–H and O–H groups in total. The Bertz CT molecular complexity index is 393. The van der Waals surface area contributed by atoms with Gasteiger partial charge in [-0.05, 0) is 31.2 Å². The van der Waals surface area contributed by atoms with Crippen LogP contribution in [0.3, 0.4) is 0 Å². The van der Waals surface area contributed by atoms with Crippen molar-refractivity contribution >= 4 is 0 Å². The summed E-state index contributed by atoms with van der Waals surface area (Å²) in [4.78, 5) is 4.48. The quantitative estimate of drug-likeness (QED) is 0.758.